The van der Waals surface area contributed by atoms with E-state index in [9.17, 15) is 14.9 Å². The lowest BCUT2D eigenvalue weighted by atomic mass is 10.1. The largest absolute Gasteiger partial charge is 0.337 e. The molecule has 0 saturated heterocycles. The van der Waals surface area contributed by atoms with Crippen LogP contribution in [0.5, 0.6) is 0 Å². The summed E-state index contributed by atoms with van der Waals surface area (Å²) in [5.74, 6) is 0.406. The standard InChI is InChI=1S/C19H17ClN4O4/c1-12(2)23(19(25)14-5-9-16(10-6-14)24(26)27)11-17-21-18(22-28-17)13-3-7-15(20)8-4-13/h3-10,12H,11H2,1-2H3. The summed E-state index contributed by atoms with van der Waals surface area (Å²) in [7, 11) is 0. The van der Waals surface area contributed by atoms with E-state index in [-0.39, 0.29) is 30.1 Å². The van der Waals surface area contributed by atoms with Crippen molar-refractivity contribution in [1.82, 2.24) is 15.0 Å². The first-order valence-corrected chi connectivity index (χ1v) is 8.87. The van der Waals surface area contributed by atoms with Gasteiger partial charge in [0.1, 0.15) is 6.54 Å². The highest BCUT2D eigenvalue weighted by atomic mass is 35.5. The third-order valence-electron chi connectivity index (χ3n) is 4.09. The Morgan fingerprint density at radius 3 is 2.39 bits per heavy atom. The van der Waals surface area contributed by atoms with Crippen molar-refractivity contribution < 1.29 is 14.2 Å². The van der Waals surface area contributed by atoms with E-state index in [1.165, 1.54) is 24.3 Å². The van der Waals surface area contributed by atoms with E-state index in [2.05, 4.69) is 10.1 Å². The fraction of sp³-hybridized carbons (Fsp3) is 0.211. The summed E-state index contributed by atoms with van der Waals surface area (Å²) in [4.78, 5) is 29.0. The molecule has 0 atom stereocenters. The number of amides is 1. The number of rotatable bonds is 6. The fourth-order valence-corrected chi connectivity index (χ4v) is 2.69. The smallest absolute Gasteiger partial charge is 0.269 e. The maximum Gasteiger partial charge on any atom is 0.269 e. The lowest BCUT2D eigenvalue weighted by Crippen LogP contribution is -2.36. The molecule has 0 spiro atoms. The van der Waals surface area contributed by atoms with Gasteiger partial charge in [-0.2, -0.15) is 4.98 Å². The van der Waals surface area contributed by atoms with Crippen LogP contribution in [0.2, 0.25) is 5.02 Å². The van der Waals surface area contributed by atoms with Gasteiger partial charge in [-0.3, -0.25) is 14.9 Å². The Morgan fingerprint density at radius 2 is 1.82 bits per heavy atom. The summed E-state index contributed by atoms with van der Waals surface area (Å²) in [6.45, 7) is 3.84. The highest BCUT2D eigenvalue weighted by Crippen LogP contribution is 2.20. The minimum absolute atomic E-state index is 0.0721. The number of hydrogen-bond donors (Lipinski definition) is 0. The van der Waals surface area contributed by atoms with Gasteiger partial charge < -0.3 is 9.42 Å². The second kappa shape index (κ2) is 8.18. The molecule has 8 nitrogen and oxygen atoms in total. The molecule has 1 amide bonds. The molecule has 1 heterocycles. The van der Waals surface area contributed by atoms with Crippen molar-refractivity contribution in [1.29, 1.82) is 0 Å². The molecular formula is C19H17ClN4O4. The first kappa shape index (κ1) is 19.5. The molecule has 0 saturated carbocycles. The predicted octanol–water partition coefficient (Wildman–Crippen LogP) is 4.35. The molecule has 28 heavy (non-hydrogen) atoms. The molecule has 0 N–H and O–H groups in total. The zero-order valence-electron chi connectivity index (χ0n) is 15.2. The highest BCUT2D eigenvalue weighted by molar-refractivity contribution is 6.30. The van der Waals surface area contributed by atoms with Crippen molar-refractivity contribution in [3.05, 3.63) is 75.1 Å². The zero-order valence-corrected chi connectivity index (χ0v) is 16.0. The van der Waals surface area contributed by atoms with E-state index in [0.717, 1.165) is 5.56 Å². The Balaban J connectivity index is 1.78. The number of hydrogen-bond acceptors (Lipinski definition) is 6. The minimum Gasteiger partial charge on any atom is -0.337 e. The third kappa shape index (κ3) is 4.34. The molecule has 0 aliphatic heterocycles. The van der Waals surface area contributed by atoms with Crippen LogP contribution in [-0.2, 0) is 6.54 Å². The first-order valence-electron chi connectivity index (χ1n) is 8.49. The van der Waals surface area contributed by atoms with Gasteiger partial charge in [-0.25, -0.2) is 0 Å². The van der Waals surface area contributed by atoms with Crippen LogP contribution in [0.1, 0.15) is 30.1 Å². The van der Waals surface area contributed by atoms with Gasteiger partial charge in [0, 0.05) is 34.3 Å². The van der Waals surface area contributed by atoms with Crippen LogP contribution in [0.15, 0.2) is 53.1 Å². The van der Waals surface area contributed by atoms with Gasteiger partial charge in [0.15, 0.2) is 0 Å². The van der Waals surface area contributed by atoms with E-state index in [1.807, 2.05) is 13.8 Å². The van der Waals surface area contributed by atoms with Crippen LogP contribution in [0, 0.1) is 10.1 Å². The van der Waals surface area contributed by atoms with Gasteiger partial charge in [0.05, 0.1) is 4.92 Å². The van der Waals surface area contributed by atoms with Gasteiger partial charge in [0.2, 0.25) is 11.7 Å². The Bertz CT molecular complexity index is 984. The summed E-state index contributed by atoms with van der Waals surface area (Å²) in [5, 5.41) is 15.3. The van der Waals surface area contributed by atoms with Crippen LogP contribution >= 0.6 is 11.6 Å². The maximum absolute atomic E-state index is 12.8. The highest BCUT2D eigenvalue weighted by Gasteiger charge is 2.22. The molecule has 0 unspecified atom stereocenters. The number of carbonyl (C=O) groups excluding carboxylic acids is 1. The average molecular weight is 401 g/mol. The summed E-state index contributed by atoms with van der Waals surface area (Å²) < 4.78 is 5.29. The van der Waals surface area contributed by atoms with Crippen LogP contribution in [0.4, 0.5) is 5.69 Å². The third-order valence-corrected chi connectivity index (χ3v) is 4.34. The fourth-order valence-electron chi connectivity index (χ4n) is 2.56. The van der Waals surface area contributed by atoms with E-state index < -0.39 is 4.92 Å². The van der Waals surface area contributed by atoms with E-state index >= 15 is 0 Å². The second-order valence-corrected chi connectivity index (χ2v) is 6.79. The van der Waals surface area contributed by atoms with Gasteiger partial charge >= 0.3 is 0 Å². The first-order chi connectivity index (χ1) is 13.3. The van der Waals surface area contributed by atoms with E-state index in [0.29, 0.717) is 16.4 Å². The number of carbonyl (C=O) groups is 1. The quantitative estimate of drug-likeness (QED) is 0.450. The van der Waals surface area contributed by atoms with E-state index in [4.69, 9.17) is 16.1 Å². The van der Waals surface area contributed by atoms with Crippen LogP contribution < -0.4 is 0 Å². The van der Waals surface area contributed by atoms with Gasteiger partial charge in [0.25, 0.3) is 11.6 Å². The van der Waals surface area contributed by atoms with Gasteiger partial charge in [-0.15, -0.1) is 0 Å². The maximum atomic E-state index is 12.8. The SMILES string of the molecule is CC(C)N(Cc1nc(-c2ccc(Cl)cc2)no1)C(=O)c1ccc([N+](=O)[O-])cc1. The van der Waals surface area contributed by atoms with Crippen molar-refractivity contribution in [3.63, 3.8) is 0 Å². The number of non-ortho nitro benzene ring substituents is 1. The molecule has 0 aliphatic carbocycles. The Labute approximate surface area is 165 Å². The molecular weight excluding hydrogens is 384 g/mol. The normalized spacial score (nSPS) is 10.9. The molecule has 3 aromatic rings. The summed E-state index contributed by atoms with van der Waals surface area (Å²) in [6, 6.07) is 12.3. The number of halogens is 1. The van der Waals surface area contributed by atoms with Crippen molar-refractivity contribution in [2.24, 2.45) is 0 Å². The monoisotopic (exact) mass is 400 g/mol. The molecule has 0 radical (unpaired) electrons. The molecule has 144 valence electrons. The summed E-state index contributed by atoms with van der Waals surface area (Å²) >= 11 is 5.88. The van der Waals surface area contributed by atoms with Gasteiger partial charge in [-0.1, -0.05) is 16.8 Å². The number of nitro benzene ring substituents is 1. The van der Waals surface area contributed by atoms with Crippen molar-refractivity contribution in [3.8, 4) is 11.4 Å². The molecule has 3 rings (SSSR count). The number of benzene rings is 2. The molecule has 0 aliphatic rings. The number of nitrogens with zero attached hydrogens (tertiary/aromatic N) is 4. The molecule has 0 bridgehead atoms. The van der Waals surface area contributed by atoms with E-state index in [1.54, 1.807) is 29.2 Å². The summed E-state index contributed by atoms with van der Waals surface area (Å²) in [6.07, 6.45) is 0. The van der Waals surface area contributed by atoms with Crippen molar-refractivity contribution in [2.45, 2.75) is 26.4 Å². The van der Waals surface area contributed by atoms with Crippen LogP contribution in [0.3, 0.4) is 0 Å². The topological polar surface area (TPSA) is 102 Å². The molecule has 1 aromatic heterocycles. The Kier molecular flexibility index (Phi) is 5.70. The van der Waals surface area contributed by atoms with Crippen molar-refractivity contribution in [2.75, 3.05) is 0 Å². The van der Waals surface area contributed by atoms with Crippen LogP contribution in [-0.4, -0.2) is 31.9 Å². The average Bonchev–Trinajstić information content (AvgIpc) is 3.14. The minimum atomic E-state index is -0.509. The Morgan fingerprint density at radius 1 is 1.18 bits per heavy atom. The van der Waals surface area contributed by atoms with Gasteiger partial charge in [-0.05, 0) is 50.2 Å². The lowest BCUT2D eigenvalue weighted by Gasteiger charge is -2.25. The lowest BCUT2D eigenvalue weighted by molar-refractivity contribution is -0.384. The number of aromatic nitrogens is 2. The summed E-state index contributed by atoms with van der Waals surface area (Å²) in [5.41, 5.74) is 1.02. The molecule has 2 aromatic carbocycles. The zero-order chi connectivity index (χ0) is 20.3. The van der Waals surface area contributed by atoms with Crippen molar-refractivity contribution >= 4 is 23.2 Å². The predicted molar refractivity (Wildman–Crippen MR) is 103 cm³/mol. The number of nitro groups is 1. The Hall–Kier alpha value is -3.26. The molecule has 9 heteroatoms. The second-order valence-electron chi connectivity index (χ2n) is 6.35. The van der Waals surface area contributed by atoms with Crippen LogP contribution in [0.25, 0.3) is 11.4 Å². The molecule has 0 fully saturated rings.